The fourth-order valence-electron chi connectivity index (χ4n) is 1.87. The molecule has 1 aliphatic carbocycles. The van der Waals surface area contributed by atoms with E-state index >= 15 is 0 Å². The van der Waals surface area contributed by atoms with Gasteiger partial charge in [-0.05, 0) is 30.9 Å². The molecule has 1 heteroatoms. The lowest BCUT2D eigenvalue weighted by atomic mass is 10.1. The lowest BCUT2D eigenvalue weighted by Crippen LogP contribution is -2.12. The van der Waals surface area contributed by atoms with E-state index in [1.807, 2.05) is 30.3 Å². The van der Waals surface area contributed by atoms with Crippen LogP contribution in [-0.2, 0) is 0 Å². The van der Waals surface area contributed by atoms with Crippen LogP contribution in [0.25, 0.3) is 0 Å². The smallest absolute Gasteiger partial charge is 0.119 e. The molecule has 1 fully saturated rings. The summed E-state index contributed by atoms with van der Waals surface area (Å²) >= 11 is 0. The average molecular weight is 188 g/mol. The van der Waals surface area contributed by atoms with E-state index in [1.54, 1.807) is 0 Å². The van der Waals surface area contributed by atoms with Gasteiger partial charge in [-0.1, -0.05) is 31.5 Å². The predicted molar refractivity (Wildman–Crippen MR) is 57.9 cm³/mol. The monoisotopic (exact) mass is 188 g/mol. The molecule has 2 radical (unpaired) electrons. The first-order chi connectivity index (χ1) is 6.88. The van der Waals surface area contributed by atoms with E-state index in [1.165, 1.54) is 0 Å². The molecule has 14 heavy (non-hydrogen) atoms. The molecular formula is C13H16O. The average Bonchev–Trinajstić information content (AvgIpc) is 2.67. The first-order valence-corrected chi connectivity index (χ1v) is 5.23. The molecule has 2 unspecified atom stereocenters. The second kappa shape index (κ2) is 4.50. The van der Waals surface area contributed by atoms with Gasteiger partial charge in [0.2, 0.25) is 0 Å². The van der Waals surface area contributed by atoms with Crippen molar-refractivity contribution in [3.8, 4) is 5.75 Å². The molecule has 0 heterocycles. The number of hydrogen-bond acceptors (Lipinski definition) is 1. The molecule has 1 aromatic rings. The van der Waals surface area contributed by atoms with Gasteiger partial charge in [0.25, 0.3) is 0 Å². The van der Waals surface area contributed by atoms with Crippen molar-refractivity contribution in [3.63, 3.8) is 0 Å². The van der Waals surface area contributed by atoms with Gasteiger partial charge in [0.05, 0.1) is 0 Å². The first kappa shape index (κ1) is 9.57. The highest BCUT2D eigenvalue weighted by molar-refractivity contribution is 5.21. The minimum absolute atomic E-state index is 0.296. The Morgan fingerprint density at radius 1 is 1.29 bits per heavy atom. The largest absolute Gasteiger partial charge is 0.490 e. The number of para-hydroxylation sites is 1. The summed E-state index contributed by atoms with van der Waals surface area (Å²) in [6, 6.07) is 10.0. The van der Waals surface area contributed by atoms with Crippen molar-refractivity contribution < 1.29 is 4.74 Å². The summed E-state index contributed by atoms with van der Waals surface area (Å²) < 4.78 is 5.82. The maximum atomic E-state index is 5.82. The van der Waals surface area contributed by atoms with Crippen LogP contribution in [0.15, 0.2) is 30.3 Å². The van der Waals surface area contributed by atoms with Crippen LogP contribution < -0.4 is 4.74 Å². The highest BCUT2D eigenvalue weighted by atomic mass is 16.5. The maximum Gasteiger partial charge on any atom is 0.119 e. The molecule has 2 rings (SSSR count). The lowest BCUT2D eigenvalue weighted by molar-refractivity contribution is 0.231. The molecule has 0 spiro atoms. The Hall–Kier alpha value is -0.980. The predicted octanol–water partition coefficient (Wildman–Crippen LogP) is 3.27. The number of ether oxygens (including phenoxy) is 1. The minimum atomic E-state index is 0.296. The number of benzene rings is 1. The molecule has 0 N–H and O–H groups in total. The minimum Gasteiger partial charge on any atom is -0.490 e. The van der Waals surface area contributed by atoms with E-state index in [2.05, 4.69) is 13.3 Å². The van der Waals surface area contributed by atoms with Gasteiger partial charge >= 0.3 is 0 Å². The summed E-state index contributed by atoms with van der Waals surface area (Å²) in [5.74, 6) is 1.70. The quantitative estimate of drug-likeness (QED) is 0.707. The maximum absolute atomic E-state index is 5.82. The Bertz CT molecular complexity index is 268. The fraction of sp³-hybridized carbons (Fsp3) is 0.385. The third-order valence-electron chi connectivity index (χ3n) is 2.74. The molecule has 1 nitrogen and oxygen atoms in total. The van der Waals surface area contributed by atoms with Crippen LogP contribution in [-0.4, -0.2) is 6.10 Å². The van der Waals surface area contributed by atoms with E-state index in [0.29, 0.717) is 6.10 Å². The van der Waals surface area contributed by atoms with Crippen molar-refractivity contribution >= 4 is 0 Å². The summed E-state index contributed by atoms with van der Waals surface area (Å²) in [6.07, 6.45) is 5.86. The molecule has 0 amide bonds. The molecule has 2 atom stereocenters. The zero-order chi connectivity index (χ0) is 9.80. The van der Waals surface area contributed by atoms with Crippen LogP contribution in [0.4, 0.5) is 0 Å². The van der Waals surface area contributed by atoms with Gasteiger partial charge < -0.3 is 4.74 Å². The fourth-order valence-corrected chi connectivity index (χ4v) is 1.87. The third kappa shape index (κ3) is 2.28. The molecule has 1 aromatic carbocycles. The van der Waals surface area contributed by atoms with Crippen molar-refractivity contribution in [1.29, 1.82) is 0 Å². The Morgan fingerprint density at radius 3 is 2.71 bits per heavy atom. The zero-order valence-electron chi connectivity index (χ0n) is 8.36. The van der Waals surface area contributed by atoms with Gasteiger partial charge in [0.1, 0.15) is 11.9 Å². The summed E-state index contributed by atoms with van der Waals surface area (Å²) in [6.45, 7) is 3.93. The SMILES string of the molecule is [CH2]CC1C[CH]C(Oc2ccccc2)C1. The molecule has 0 aromatic heterocycles. The molecule has 0 saturated heterocycles. The summed E-state index contributed by atoms with van der Waals surface area (Å²) in [5.41, 5.74) is 0. The molecule has 74 valence electrons. The normalized spacial score (nSPS) is 26.4. The van der Waals surface area contributed by atoms with Gasteiger partial charge in [-0.25, -0.2) is 0 Å². The van der Waals surface area contributed by atoms with E-state index in [9.17, 15) is 0 Å². The van der Waals surface area contributed by atoms with Gasteiger partial charge in [-0.15, -0.1) is 0 Å². The van der Waals surface area contributed by atoms with Crippen LogP contribution in [0.1, 0.15) is 19.3 Å². The molecular weight excluding hydrogens is 172 g/mol. The Morgan fingerprint density at radius 2 is 2.07 bits per heavy atom. The van der Waals surface area contributed by atoms with Crippen molar-refractivity contribution in [1.82, 2.24) is 0 Å². The summed E-state index contributed by atoms with van der Waals surface area (Å²) in [7, 11) is 0. The van der Waals surface area contributed by atoms with Gasteiger partial charge in [-0.2, -0.15) is 0 Å². The molecule has 1 saturated carbocycles. The van der Waals surface area contributed by atoms with Crippen LogP contribution in [0, 0.1) is 19.3 Å². The van der Waals surface area contributed by atoms with Crippen LogP contribution in [0.2, 0.25) is 0 Å². The lowest BCUT2D eigenvalue weighted by Gasteiger charge is -2.13. The zero-order valence-corrected chi connectivity index (χ0v) is 8.36. The summed E-state index contributed by atoms with van der Waals surface area (Å²) in [4.78, 5) is 0. The van der Waals surface area contributed by atoms with E-state index in [4.69, 9.17) is 4.74 Å². The van der Waals surface area contributed by atoms with Crippen molar-refractivity contribution in [2.75, 3.05) is 0 Å². The highest BCUT2D eigenvalue weighted by Gasteiger charge is 2.24. The van der Waals surface area contributed by atoms with Crippen LogP contribution >= 0.6 is 0 Å². The van der Waals surface area contributed by atoms with E-state index in [-0.39, 0.29) is 0 Å². The highest BCUT2D eigenvalue weighted by Crippen LogP contribution is 2.29. The van der Waals surface area contributed by atoms with Crippen LogP contribution in [0.3, 0.4) is 0 Å². The van der Waals surface area contributed by atoms with Gasteiger partial charge in [0, 0.05) is 6.42 Å². The third-order valence-corrected chi connectivity index (χ3v) is 2.74. The number of rotatable bonds is 3. The van der Waals surface area contributed by atoms with Crippen molar-refractivity contribution in [3.05, 3.63) is 43.7 Å². The second-order valence-electron chi connectivity index (χ2n) is 3.83. The summed E-state index contributed by atoms with van der Waals surface area (Å²) in [5, 5.41) is 0. The Labute approximate surface area is 86.1 Å². The van der Waals surface area contributed by atoms with Crippen LogP contribution in [0.5, 0.6) is 5.75 Å². The van der Waals surface area contributed by atoms with Gasteiger partial charge in [0.15, 0.2) is 0 Å². The van der Waals surface area contributed by atoms with E-state index < -0.39 is 0 Å². The van der Waals surface area contributed by atoms with E-state index in [0.717, 1.165) is 30.9 Å². The molecule has 1 aliphatic rings. The van der Waals surface area contributed by atoms with Crippen molar-refractivity contribution in [2.24, 2.45) is 5.92 Å². The Kier molecular flexibility index (Phi) is 3.07. The molecule has 0 aliphatic heterocycles. The first-order valence-electron chi connectivity index (χ1n) is 5.23. The van der Waals surface area contributed by atoms with Gasteiger partial charge in [-0.3, -0.25) is 0 Å². The Balaban J connectivity index is 1.88. The van der Waals surface area contributed by atoms with Crippen molar-refractivity contribution in [2.45, 2.75) is 25.4 Å². The topological polar surface area (TPSA) is 9.23 Å². The number of hydrogen-bond donors (Lipinski definition) is 0. The second-order valence-corrected chi connectivity index (χ2v) is 3.83. The standard InChI is InChI=1S/C13H16O/c1-2-11-8-9-13(10-11)14-12-6-4-3-5-7-12/h3-7,9,11,13H,1-2,8,10H2. The molecule has 0 bridgehead atoms.